The zero-order chi connectivity index (χ0) is 9.97. The fourth-order valence-electron chi connectivity index (χ4n) is 1.57. The number of para-hydroxylation sites is 1. The van der Waals surface area contributed by atoms with Gasteiger partial charge in [-0.2, -0.15) is 0 Å². The minimum Gasteiger partial charge on any atom is -0.464 e. The fraction of sp³-hybridized carbons (Fsp3) is 0.333. The molecular weight excluding hydrogens is 174 g/mol. The lowest BCUT2D eigenvalue weighted by Crippen LogP contribution is -2.14. The summed E-state index contributed by atoms with van der Waals surface area (Å²) in [6.45, 7) is 1.06. The lowest BCUT2D eigenvalue weighted by molar-refractivity contribution is 0.413. The van der Waals surface area contributed by atoms with E-state index in [1.807, 2.05) is 18.4 Å². The molecule has 0 atom stereocenters. The molecule has 0 aliphatic rings. The Morgan fingerprint density at radius 1 is 1.21 bits per heavy atom. The average Bonchev–Trinajstić information content (AvgIpc) is 2.58. The molecule has 74 valence electrons. The lowest BCUT2D eigenvalue weighted by Gasteiger charge is -2.07. The van der Waals surface area contributed by atoms with Gasteiger partial charge < -0.3 is 9.32 Å². The van der Waals surface area contributed by atoms with Gasteiger partial charge in [-0.15, -0.1) is 0 Å². The van der Waals surface area contributed by atoms with Crippen LogP contribution in [-0.4, -0.2) is 25.5 Å². The smallest absolute Gasteiger partial charge is 0.134 e. The van der Waals surface area contributed by atoms with Gasteiger partial charge >= 0.3 is 0 Å². The molecule has 2 aromatic rings. The molecule has 1 aromatic heterocycles. The Kier molecular flexibility index (Phi) is 2.55. The van der Waals surface area contributed by atoms with Gasteiger partial charge in [0, 0.05) is 11.9 Å². The number of rotatable bonds is 3. The Hall–Kier alpha value is -1.28. The predicted molar refractivity (Wildman–Crippen MR) is 58.5 cm³/mol. The number of hydrogen-bond acceptors (Lipinski definition) is 2. The second kappa shape index (κ2) is 3.84. The molecule has 0 aliphatic carbocycles. The number of fused-ring (bicyclic) bond motifs is 1. The zero-order valence-electron chi connectivity index (χ0n) is 8.66. The fourth-order valence-corrected chi connectivity index (χ4v) is 1.57. The highest BCUT2D eigenvalue weighted by Gasteiger charge is 2.04. The first kappa shape index (κ1) is 9.28. The van der Waals surface area contributed by atoms with Gasteiger partial charge in [-0.25, -0.2) is 0 Å². The highest BCUT2D eigenvalue weighted by molar-refractivity contribution is 5.80. The standard InChI is InChI=1S/C12H15NO/c1-13(2)8-7-10-9-14-12-6-4-3-5-11(10)12/h3-6,9H,7-8H2,1-2H3. The topological polar surface area (TPSA) is 16.4 Å². The van der Waals surface area contributed by atoms with E-state index in [0.29, 0.717) is 0 Å². The largest absolute Gasteiger partial charge is 0.464 e. The van der Waals surface area contributed by atoms with Gasteiger partial charge in [0.05, 0.1) is 6.26 Å². The molecule has 0 spiro atoms. The first-order chi connectivity index (χ1) is 6.77. The molecule has 14 heavy (non-hydrogen) atoms. The van der Waals surface area contributed by atoms with Crippen molar-refractivity contribution in [2.75, 3.05) is 20.6 Å². The minimum absolute atomic E-state index is 0.987. The molecule has 1 aromatic carbocycles. The number of nitrogens with zero attached hydrogens (tertiary/aromatic N) is 1. The third-order valence-electron chi connectivity index (χ3n) is 2.39. The first-order valence-corrected chi connectivity index (χ1v) is 4.87. The monoisotopic (exact) mass is 189 g/mol. The van der Waals surface area contributed by atoms with Crippen LogP contribution in [0.4, 0.5) is 0 Å². The van der Waals surface area contributed by atoms with Crippen molar-refractivity contribution in [2.45, 2.75) is 6.42 Å². The van der Waals surface area contributed by atoms with Crippen molar-refractivity contribution in [3.05, 3.63) is 36.1 Å². The maximum Gasteiger partial charge on any atom is 0.134 e. The van der Waals surface area contributed by atoms with Crippen molar-refractivity contribution >= 4 is 11.0 Å². The Morgan fingerprint density at radius 3 is 2.79 bits per heavy atom. The van der Waals surface area contributed by atoms with Crippen molar-refractivity contribution in [3.63, 3.8) is 0 Å². The van der Waals surface area contributed by atoms with Gasteiger partial charge in [0.15, 0.2) is 0 Å². The Labute approximate surface area is 84.1 Å². The van der Waals surface area contributed by atoms with Crippen LogP contribution in [-0.2, 0) is 6.42 Å². The van der Waals surface area contributed by atoms with Crippen LogP contribution in [0.2, 0.25) is 0 Å². The molecule has 1 heterocycles. The molecule has 0 unspecified atom stereocenters. The number of furan rings is 1. The number of likely N-dealkylation sites (N-methyl/N-ethyl adjacent to an activating group) is 1. The van der Waals surface area contributed by atoms with Crippen LogP contribution in [0.25, 0.3) is 11.0 Å². The molecule has 2 nitrogen and oxygen atoms in total. The van der Waals surface area contributed by atoms with Crippen molar-refractivity contribution in [2.24, 2.45) is 0 Å². The van der Waals surface area contributed by atoms with Gasteiger partial charge in [-0.1, -0.05) is 18.2 Å². The van der Waals surface area contributed by atoms with Gasteiger partial charge in [0.2, 0.25) is 0 Å². The van der Waals surface area contributed by atoms with E-state index in [1.54, 1.807) is 0 Å². The zero-order valence-corrected chi connectivity index (χ0v) is 8.66. The quantitative estimate of drug-likeness (QED) is 0.737. The summed E-state index contributed by atoms with van der Waals surface area (Å²) in [4.78, 5) is 2.18. The summed E-state index contributed by atoms with van der Waals surface area (Å²) in [5.74, 6) is 0. The Morgan fingerprint density at radius 2 is 2.00 bits per heavy atom. The highest BCUT2D eigenvalue weighted by atomic mass is 16.3. The van der Waals surface area contributed by atoms with Crippen molar-refractivity contribution in [1.29, 1.82) is 0 Å². The normalized spacial score (nSPS) is 11.4. The van der Waals surface area contributed by atoms with E-state index in [9.17, 15) is 0 Å². The third kappa shape index (κ3) is 1.80. The molecule has 0 saturated heterocycles. The van der Waals surface area contributed by atoms with E-state index in [-0.39, 0.29) is 0 Å². The molecule has 0 N–H and O–H groups in total. The maximum atomic E-state index is 5.46. The van der Waals surface area contributed by atoms with Crippen molar-refractivity contribution in [3.8, 4) is 0 Å². The second-order valence-electron chi connectivity index (χ2n) is 3.81. The summed E-state index contributed by atoms with van der Waals surface area (Å²) in [5, 5.41) is 1.24. The van der Waals surface area contributed by atoms with E-state index in [1.165, 1.54) is 10.9 Å². The summed E-state index contributed by atoms with van der Waals surface area (Å²) in [7, 11) is 4.17. The van der Waals surface area contributed by atoms with E-state index in [0.717, 1.165) is 18.5 Å². The van der Waals surface area contributed by atoms with Crippen LogP contribution >= 0.6 is 0 Å². The molecular formula is C12H15NO. The van der Waals surface area contributed by atoms with Gasteiger partial charge in [0.25, 0.3) is 0 Å². The Balaban J connectivity index is 2.25. The predicted octanol–water partition coefficient (Wildman–Crippen LogP) is 2.54. The third-order valence-corrected chi connectivity index (χ3v) is 2.39. The SMILES string of the molecule is CN(C)CCc1coc2ccccc12. The highest BCUT2D eigenvalue weighted by Crippen LogP contribution is 2.20. The van der Waals surface area contributed by atoms with Crippen LogP contribution in [0.3, 0.4) is 0 Å². The number of benzene rings is 1. The van der Waals surface area contributed by atoms with E-state index >= 15 is 0 Å². The van der Waals surface area contributed by atoms with Crippen LogP contribution in [0, 0.1) is 0 Å². The minimum atomic E-state index is 0.987. The average molecular weight is 189 g/mol. The summed E-state index contributed by atoms with van der Waals surface area (Å²) >= 11 is 0. The lowest BCUT2D eigenvalue weighted by atomic mass is 10.1. The summed E-state index contributed by atoms with van der Waals surface area (Å²) in [6.07, 6.45) is 2.91. The second-order valence-corrected chi connectivity index (χ2v) is 3.81. The van der Waals surface area contributed by atoms with Gasteiger partial charge in [-0.3, -0.25) is 0 Å². The molecule has 0 aliphatic heterocycles. The van der Waals surface area contributed by atoms with E-state index < -0.39 is 0 Å². The van der Waals surface area contributed by atoms with E-state index in [2.05, 4.69) is 31.1 Å². The maximum absolute atomic E-state index is 5.46. The molecule has 0 saturated carbocycles. The van der Waals surface area contributed by atoms with Gasteiger partial charge in [0.1, 0.15) is 5.58 Å². The van der Waals surface area contributed by atoms with Crippen LogP contribution in [0.5, 0.6) is 0 Å². The summed E-state index contributed by atoms with van der Waals surface area (Å²) in [5.41, 5.74) is 2.29. The molecule has 0 radical (unpaired) electrons. The number of hydrogen-bond donors (Lipinski definition) is 0. The van der Waals surface area contributed by atoms with Crippen molar-refractivity contribution in [1.82, 2.24) is 4.90 Å². The van der Waals surface area contributed by atoms with Crippen LogP contribution in [0.15, 0.2) is 34.9 Å². The Bertz CT molecular complexity index is 417. The molecule has 2 heteroatoms. The van der Waals surface area contributed by atoms with Gasteiger partial charge in [-0.05, 0) is 32.1 Å². The molecule has 0 bridgehead atoms. The molecule has 0 amide bonds. The molecule has 0 fully saturated rings. The summed E-state index contributed by atoms with van der Waals surface area (Å²) in [6, 6.07) is 8.18. The van der Waals surface area contributed by atoms with Crippen LogP contribution in [0.1, 0.15) is 5.56 Å². The molecule has 2 rings (SSSR count). The summed E-state index contributed by atoms with van der Waals surface area (Å²) < 4.78 is 5.46. The first-order valence-electron chi connectivity index (χ1n) is 4.87. The van der Waals surface area contributed by atoms with Crippen LogP contribution < -0.4 is 0 Å². The van der Waals surface area contributed by atoms with E-state index in [4.69, 9.17) is 4.42 Å². The van der Waals surface area contributed by atoms with Crippen molar-refractivity contribution < 1.29 is 4.42 Å².